The van der Waals surface area contributed by atoms with Gasteiger partial charge in [0.25, 0.3) is 10.0 Å². The van der Waals surface area contributed by atoms with Crippen LogP contribution in [0, 0.1) is 0 Å². The van der Waals surface area contributed by atoms with E-state index in [-0.39, 0.29) is 0 Å². The molecule has 0 spiro atoms. The average molecular weight is 291 g/mol. The summed E-state index contributed by atoms with van der Waals surface area (Å²) in [7, 11) is -1.65. The number of fused-ring (bicyclic) bond motifs is 1. The van der Waals surface area contributed by atoms with Gasteiger partial charge in [-0.2, -0.15) is 0 Å². The largest absolute Gasteiger partial charge is 0.363 e. The van der Waals surface area contributed by atoms with Crippen LogP contribution in [0.3, 0.4) is 0 Å². The molecule has 0 atom stereocenters. The highest BCUT2D eigenvalue weighted by Crippen LogP contribution is 2.32. The van der Waals surface area contributed by atoms with Crippen LogP contribution in [0.4, 0.5) is 5.69 Å². The minimum Gasteiger partial charge on any atom is -0.363 e. The van der Waals surface area contributed by atoms with Gasteiger partial charge >= 0.3 is 0 Å². The number of aromatic amines is 1. The molecule has 20 heavy (non-hydrogen) atoms. The van der Waals surface area contributed by atoms with Crippen LogP contribution in [0.5, 0.6) is 0 Å². The first-order chi connectivity index (χ1) is 9.63. The Hall–Kier alpha value is -1.79. The topological polar surface area (TPSA) is 65.2 Å². The van der Waals surface area contributed by atoms with Gasteiger partial charge in [-0.25, -0.2) is 8.42 Å². The molecule has 0 aliphatic carbocycles. The fraction of sp³-hybridized carbons (Fsp3) is 0.286. The van der Waals surface area contributed by atoms with Crippen molar-refractivity contribution in [1.29, 1.82) is 0 Å². The molecule has 0 fully saturated rings. The number of anilines is 1. The first-order valence-corrected chi connectivity index (χ1v) is 7.99. The summed E-state index contributed by atoms with van der Waals surface area (Å²) >= 11 is 0. The molecule has 3 rings (SSSR count). The van der Waals surface area contributed by atoms with Gasteiger partial charge in [-0.3, -0.25) is 4.31 Å². The van der Waals surface area contributed by atoms with Crippen molar-refractivity contribution in [2.24, 2.45) is 0 Å². The molecule has 106 valence electrons. The van der Waals surface area contributed by atoms with E-state index >= 15 is 0 Å². The lowest BCUT2D eigenvalue weighted by Gasteiger charge is -2.18. The highest BCUT2D eigenvalue weighted by atomic mass is 32.2. The van der Waals surface area contributed by atoms with E-state index in [1.165, 1.54) is 4.31 Å². The molecule has 1 aromatic carbocycles. The summed E-state index contributed by atoms with van der Waals surface area (Å²) in [6.45, 7) is 1.13. The zero-order valence-corrected chi connectivity index (χ0v) is 12.1. The standard InChI is InChI=1S/C14H17N3O2S/c1-15-9-12-8-13(10-16-12)20(18,19)17-7-6-11-4-2-3-5-14(11)17/h2-5,8,10,15-16H,6-7,9H2,1H3. The lowest BCUT2D eigenvalue weighted by atomic mass is 10.2. The van der Waals surface area contributed by atoms with E-state index < -0.39 is 10.0 Å². The third kappa shape index (κ3) is 2.10. The van der Waals surface area contributed by atoms with Crippen LogP contribution in [0.2, 0.25) is 0 Å². The Morgan fingerprint density at radius 1 is 1.35 bits per heavy atom. The molecule has 2 heterocycles. The fourth-order valence-corrected chi connectivity index (χ4v) is 4.07. The molecule has 6 heteroatoms. The molecule has 0 unspecified atom stereocenters. The maximum atomic E-state index is 12.7. The SMILES string of the molecule is CNCc1cc(S(=O)(=O)N2CCc3ccccc32)c[nH]1. The molecule has 2 N–H and O–H groups in total. The smallest absolute Gasteiger partial charge is 0.265 e. The van der Waals surface area contributed by atoms with Gasteiger partial charge in [0.1, 0.15) is 4.90 Å². The molecule has 5 nitrogen and oxygen atoms in total. The van der Waals surface area contributed by atoms with Crippen LogP contribution in [-0.4, -0.2) is 27.0 Å². The van der Waals surface area contributed by atoms with Crippen LogP contribution < -0.4 is 9.62 Å². The Morgan fingerprint density at radius 2 is 2.15 bits per heavy atom. The summed E-state index contributed by atoms with van der Waals surface area (Å²) in [5.41, 5.74) is 2.74. The van der Waals surface area contributed by atoms with Gasteiger partial charge in [0.15, 0.2) is 0 Å². The molecule has 0 saturated heterocycles. The zero-order valence-electron chi connectivity index (χ0n) is 11.3. The fourth-order valence-electron chi connectivity index (χ4n) is 2.55. The third-order valence-electron chi connectivity index (χ3n) is 3.52. The number of aromatic nitrogens is 1. The number of nitrogens with one attached hydrogen (secondary N) is 2. The first kappa shape index (κ1) is 13.2. The monoisotopic (exact) mass is 291 g/mol. The van der Waals surface area contributed by atoms with Crippen LogP contribution >= 0.6 is 0 Å². The van der Waals surface area contributed by atoms with Crippen LogP contribution in [0.15, 0.2) is 41.4 Å². The minimum absolute atomic E-state index is 0.319. The van der Waals surface area contributed by atoms with Crippen LogP contribution in [-0.2, 0) is 23.0 Å². The molecule has 0 radical (unpaired) electrons. The van der Waals surface area contributed by atoms with Gasteiger partial charge in [0.2, 0.25) is 0 Å². The molecule has 1 aliphatic heterocycles. The van der Waals surface area contributed by atoms with Crippen molar-refractivity contribution in [3.8, 4) is 0 Å². The number of para-hydroxylation sites is 1. The van der Waals surface area contributed by atoms with E-state index in [1.54, 1.807) is 12.3 Å². The van der Waals surface area contributed by atoms with Crippen molar-refractivity contribution in [2.45, 2.75) is 17.9 Å². The predicted octanol–water partition coefficient (Wildman–Crippen LogP) is 1.49. The molecule has 1 aliphatic rings. The Labute approximate surface area is 118 Å². The minimum atomic E-state index is -3.48. The number of rotatable bonds is 4. The molecular formula is C14H17N3O2S. The maximum absolute atomic E-state index is 12.7. The van der Waals surface area contributed by atoms with Gasteiger partial charge in [-0.05, 0) is 31.2 Å². The second kappa shape index (κ2) is 4.96. The summed E-state index contributed by atoms with van der Waals surface area (Å²) < 4.78 is 26.9. The molecule has 0 bridgehead atoms. The van der Waals surface area contributed by atoms with Crippen molar-refractivity contribution in [3.05, 3.63) is 47.8 Å². The Balaban J connectivity index is 1.96. The maximum Gasteiger partial charge on any atom is 0.265 e. The molecular weight excluding hydrogens is 274 g/mol. The molecule has 0 saturated carbocycles. The van der Waals surface area contributed by atoms with Gasteiger partial charge in [-0.1, -0.05) is 18.2 Å². The van der Waals surface area contributed by atoms with E-state index in [2.05, 4.69) is 10.3 Å². The first-order valence-electron chi connectivity index (χ1n) is 6.55. The number of hydrogen-bond acceptors (Lipinski definition) is 3. The summed E-state index contributed by atoms with van der Waals surface area (Å²) in [4.78, 5) is 3.31. The van der Waals surface area contributed by atoms with Crippen molar-refractivity contribution in [1.82, 2.24) is 10.3 Å². The quantitative estimate of drug-likeness (QED) is 0.897. The van der Waals surface area contributed by atoms with Crippen molar-refractivity contribution >= 4 is 15.7 Å². The summed E-state index contributed by atoms with van der Waals surface area (Å²) in [5.74, 6) is 0. The Morgan fingerprint density at radius 3 is 2.95 bits per heavy atom. The zero-order chi connectivity index (χ0) is 14.2. The van der Waals surface area contributed by atoms with Gasteiger partial charge in [0, 0.05) is 25.0 Å². The van der Waals surface area contributed by atoms with E-state index in [4.69, 9.17) is 0 Å². The van der Waals surface area contributed by atoms with Gasteiger partial charge < -0.3 is 10.3 Å². The second-order valence-electron chi connectivity index (χ2n) is 4.85. The van der Waals surface area contributed by atoms with Crippen LogP contribution in [0.25, 0.3) is 0 Å². The lowest BCUT2D eigenvalue weighted by Crippen LogP contribution is -2.28. The average Bonchev–Trinajstić information content (AvgIpc) is 3.05. The van der Waals surface area contributed by atoms with Gasteiger partial charge in [0.05, 0.1) is 5.69 Å². The van der Waals surface area contributed by atoms with E-state index in [1.807, 2.05) is 31.3 Å². The highest BCUT2D eigenvalue weighted by Gasteiger charge is 2.31. The van der Waals surface area contributed by atoms with Crippen LogP contribution in [0.1, 0.15) is 11.3 Å². The number of sulfonamides is 1. The van der Waals surface area contributed by atoms with Gasteiger partial charge in [-0.15, -0.1) is 0 Å². The van der Waals surface area contributed by atoms with Crippen molar-refractivity contribution < 1.29 is 8.42 Å². The third-order valence-corrected chi connectivity index (χ3v) is 5.31. The number of nitrogens with zero attached hydrogens (tertiary/aromatic N) is 1. The molecule has 2 aromatic rings. The van der Waals surface area contributed by atoms with Crippen molar-refractivity contribution in [3.63, 3.8) is 0 Å². The second-order valence-corrected chi connectivity index (χ2v) is 6.71. The summed E-state index contributed by atoms with van der Waals surface area (Å²) in [6.07, 6.45) is 2.33. The van der Waals surface area contributed by atoms with E-state index in [9.17, 15) is 8.42 Å². The van der Waals surface area contributed by atoms with E-state index in [0.717, 1.165) is 23.4 Å². The number of benzene rings is 1. The number of hydrogen-bond donors (Lipinski definition) is 2. The molecule has 0 amide bonds. The Bertz CT molecular complexity index is 722. The summed E-state index contributed by atoms with van der Waals surface area (Å²) in [5, 5.41) is 2.99. The highest BCUT2D eigenvalue weighted by molar-refractivity contribution is 7.92. The normalized spacial score (nSPS) is 14.6. The predicted molar refractivity (Wildman–Crippen MR) is 78.2 cm³/mol. The number of H-pyrrole nitrogens is 1. The molecule has 1 aromatic heterocycles. The lowest BCUT2D eigenvalue weighted by molar-refractivity contribution is 0.592. The summed E-state index contributed by atoms with van der Waals surface area (Å²) in [6, 6.07) is 9.34. The van der Waals surface area contributed by atoms with Crippen molar-refractivity contribution in [2.75, 3.05) is 17.9 Å². The Kier molecular flexibility index (Phi) is 3.27. The van der Waals surface area contributed by atoms with E-state index in [0.29, 0.717) is 18.0 Å².